The number of ether oxygens (including phenoxy) is 1. The van der Waals surface area contributed by atoms with E-state index in [-0.39, 0.29) is 24.3 Å². The van der Waals surface area contributed by atoms with Gasteiger partial charge in [0.1, 0.15) is 0 Å². The third-order valence-corrected chi connectivity index (χ3v) is 2.90. The lowest BCUT2D eigenvalue weighted by molar-refractivity contribution is -0.118. The summed E-state index contributed by atoms with van der Waals surface area (Å²) in [7, 11) is 0. The van der Waals surface area contributed by atoms with E-state index in [1.807, 2.05) is 18.2 Å². The van der Waals surface area contributed by atoms with Crippen LogP contribution in [0.25, 0.3) is 0 Å². The fraction of sp³-hybridized carbons (Fsp3) is 0.188. The molecule has 0 aliphatic rings. The average Bonchev–Trinajstić information content (AvgIpc) is 2.47. The SMILES string of the molecule is C[C@@H](N)c1ccc(OCC(=O)Nc2ccccc2)c(F)c1. The van der Waals surface area contributed by atoms with Crippen molar-refractivity contribution in [2.45, 2.75) is 13.0 Å². The van der Waals surface area contributed by atoms with E-state index in [9.17, 15) is 9.18 Å². The monoisotopic (exact) mass is 288 g/mol. The summed E-state index contributed by atoms with van der Waals surface area (Å²) in [5.74, 6) is -0.850. The van der Waals surface area contributed by atoms with Crippen LogP contribution in [-0.2, 0) is 4.79 Å². The number of benzene rings is 2. The molecule has 2 aromatic rings. The molecule has 2 rings (SSSR count). The summed E-state index contributed by atoms with van der Waals surface area (Å²) >= 11 is 0. The Morgan fingerprint density at radius 3 is 2.62 bits per heavy atom. The molecule has 0 aliphatic heterocycles. The molecule has 4 nitrogen and oxygen atoms in total. The van der Waals surface area contributed by atoms with Gasteiger partial charge in [0, 0.05) is 11.7 Å². The van der Waals surface area contributed by atoms with Crippen molar-refractivity contribution in [3.8, 4) is 5.75 Å². The highest BCUT2D eigenvalue weighted by molar-refractivity contribution is 5.91. The molecule has 0 radical (unpaired) electrons. The Morgan fingerprint density at radius 2 is 2.00 bits per heavy atom. The summed E-state index contributed by atoms with van der Waals surface area (Å²) < 4.78 is 19.0. The number of hydrogen-bond donors (Lipinski definition) is 2. The Hall–Kier alpha value is -2.40. The number of anilines is 1. The maximum atomic E-state index is 13.8. The van der Waals surface area contributed by atoms with Crippen molar-refractivity contribution in [1.82, 2.24) is 0 Å². The predicted molar refractivity (Wildman–Crippen MR) is 79.6 cm³/mol. The molecule has 1 amide bonds. The molecule has 3 N–H and O–H groups in total. The van der Waals surface area contributed by atoms with Crippen LogP contribution in [0.5, 0.6) is 5.75 Å². The van der Waals surface area contributed by atoms with Gasteiger partial charge in [0.15, 0.2) is 18.2 Å². The predicted octanol–water partition coefficient (Wildman–Crippen LogP) is 2.86. The largest absolute Gasteiger partial charge is 0.481 e. The molecule has 21 heavy (non-hydrogen) atoms. The highest BCUT2D eigenvalue weighted by atomic mass is 19.1. The van der Waals surface area contributed by atoms with Crippen molar-refractivity contribution in [1.29, 1.82) is 0 Å². The van der Waals surface area contributed by atoms with Crippen LogP contribution in [0.3, 0.4) is 0 Å². The number of nitrogens with one attached hydrogen (secondary N) is 1. The van der Waals surface area contributed by atoms with Crippen molar-refractivity contribution < 1.29 is 13.9 Å². The topological polar surface area (TPSA) is 64.3 Å². The van der Waals surface area contributed by atoms with E-state index in [2.05, 4.69) is 5.32 Å². The highest BCUT2D eigenvalue weighted by Gasteiger charge is 2.09. The van der Waals surface area contributed by atoms with Gasteiger partial charge in [-0.25, -0.2) is 4.39 Å². The summed E-state index contributed by atoms with van der Waals surface area (Å²) in [4.78, 5) is 11.7. The number of carbonyl (C=O) groups is 1. The van der Waals surface area contributed by atoms with E-state index in [0.29, 0.717) is 11.3 Å². The van der Waals surface area contributed by atoms with Gasteiger partial charge in [-0.3, -0.25) is 4.79 Å². The van der Waals surface area contributed by atoms with Gasteiger partial charge in [0.2, 0.25) is 0 Å². The van der Waals surface area contributed by atoms with Gasteiger partial charge < -0.3 is 15.8 Å². The second-order valence-electron chi connectivity index (χ2n) is 4.68. The lowest BCUT2D eigenvalue weighted by atomic mass is 10.1. The van der Waals surface area contributed by atoms with E-state index in [4.69, 9.17) is 10.5 Å². The Labute approximate surface area is 122 Å². The summed E-state index contributed by atoms with van der Waals surface area (Å²) in [6.45, 7) is 1.51. The summed E-state index contributed by atoms with van der Waals surface area (Å²) in [5.41, 5.74) is 7.01. The zero-order valence-corrected chi connectivity index (χ0v) is 11.7. The van der Waals surface area contributed by atoms with Crippen LogP contribution < -0.4 is 15.8 Å². The number of amides is 1. The molecule has 110 valence electrons. The molecule has 0 unspecified atom stereocenters. The Balaban J connectivity index is 1.92. The summed E-state index contributed by atoms with van der Waals surface area (Å²) in [6, 6.07) is 13.2. The third kappa shape index (κ3) is 4.29. The fourth-order valence-electron chi connectivity index (χ4n) is 1.78. The first-order chi connectivity index (χ1) is 10.1. The van der Waals surface area contributed by atoms with Gasteiger partial charge in [0.25, 0.3) is 5.91 Å². The highest BCUT2D eigenvalue weighted by Crippen LogP contribution is 2.21. The average molecular weight is 288 g/mol. The minimum Gasteiger partial charge on any atom is -0.481 e. The van der Waals surface area contributed by atoms with Crippen molar-refractivity contribution in [3.05, 3.63) is 59.9 Å². The fourth-order valence-corrected chi connectivity index (χ4v) is 1.78. The number of rotatable bonds is 5. The zero-order valence-electron chi connectivity index (χ0n) is 11.7. The van der Waals surface area contributed by atoms with Crippen molar-refractivity contribution in [2.24, 2.45) is 5.73 Å². The number of para-hydroxylation sites is 1. The van der Waals surface area contributed by atoms with Crippen LogP contribution >= 0.6 is 0 Å². The number of carbonyl (C=O) groups excluding carboxylic acids is 1. The first-order valence-corrected chi connectivity index (χ1v) is 6.59. The van der Waals surface area contributed by atoms with Gasteiger partial charge in [-0.1, -0.05) is 24.3 Å². The molecule has 2 aromatic carbocycles. The molecule has 5 heteroatoms. The lowest BCUT2D eigenvalue weighted by Crippen LogP contribution is -2.20. The van der Waals surface area contributed by atoms with E-state index >= 15 is 0 Å². The van der Waals surface area contributed by atoms with Gasteiger partial charge in [0.05, 0.1) is 0 Å². The van der Waals surface area contributed by atoms with Crippen molar-refractivity contribution in [3.63, 3.8) is 0 Å². The standard InChI is InChI=1S/C16H17FN2O2/c1-11(18)12-7-8-15(14(17)9-12)21-10-16(20)19-13-5-3-2-4-6-13/h2-9,11H,10,18H2,1H3,(H,19,20)/t11-/m1/s1. The molecule has 0 saturated carbocycles. The second-order valence-corrected chi connectivity index (χ2v) is 4.68. The minimum absolute atomic E-state index is 0.0302. The summed E-state index contributed by atoms with van der Waals surface area (Å²) in [5, 5.41) is 2.65. The zero-order chi connectivity index (χ0) is 15.2. The maximum absolute atomic E-state index is 13.8. The molecular weight excluding hydrogens is 271 g/mol. The van der Waals surface area contributed by atoms with Crippen molar-refractivity contribution in [2.75, 3.05) is 11.9 Å². The van der Waals surface area contributed by atoms with Crippen LogP contribution in [0.4, 0.5) is 10.1 Å². The van der Waals surface area contributed by atoms with Gasteiger partial charge in [-0.05, 0) is 36.8 Å². The number of hydrogen-bond acceptors (Lipinski definition) is 3. The van der Waals surface area contributed by atoms with Crippen LogP contribution in [0.2, 0.25) is 0 Å². The quantitative estimate of drug-likeness (QED) is 0.889. The third-order valence-electron chi connectivity index (χ3n) is 2.90. The molecule has 1 atom stereocenters. The Kier molecular flexibility index (Phi) is 4.90. The van der Waals surface area contributed by atoms with Crippen molar-refractivity contribution >= 4 is 11.6 Å². The molecule has 0 fully saturated rings. The molecule has 0 bridgehead atoms. The van der Waals surface area contributed by atoms with Crippen LogP contribution in [0.1, 0.15) is 18.5 Å². The lowest BCUT2D eigenvalue weighted by Gasteiger charge is -2.10. The first kappa shape index (κ1) is 15.0. The molecule has 0 aliphatic carbocycles. The second kappa shape index (κ2) is 6.85. The van der Waals surface area contributed by atoms with E-state index in [1.54, 1.807) is 25.1 Å². The van der Waals surface area contributed by atoms with E-state index in [1.165, 1.54) is 12.1 Å². The van der Waals surface area contributed by atoms with Gasteiger partial charge >= 0.3 is 0 Å². The smallest absolute Gasteiger partial charge is 0.262 e. The van der Waals surface area contributed by atoms with Crippen LogP contribution in [0, 0.1) is 5.82 Å². The molecule has 0 saturated heterocycles. The number of nitrogens with two attached hydrogens (primary N) is 1. The molecular formula is C16H17FN2O2. The van der Waals surface area contributed by atoms with Gasteiger partial charge in [-0.2, -0.15) is 0 Å². The molecule has 0 aromatic heterocycles. The Bertz CT molecular complexity index is 615. The minimum atomic E-state index is -0.530. The van der Waals surface area contributed by atoms with Gasteiger partial charge in [-0.15, -0.1) is 0 Å². The van der Waals surface area contributed by atoms with Crippen LogP contribution in [-0.4, -0.2) is 12.5 Å². The number of halogens is 1. The maximum Gasteiger partial charge on any atom is 0.262 e. The van der Waals surface area contributed by atoms with E-state index < -0.39 is 5.82 Å². The normalized spacial score (nSPS) is 11.8. The summed E-state index contributed by atoms with van der Waals surface area (Å²) in [6.07, 6.45) is 0. The molecule has 0 heterocycles. The first-order valence-electron chi connectivity index (χ1n) is 6.59. The molecule has 0 spiro atoms. The Morgan fingerprint density at radius 1 is 1.29 bits per heavy atom. The van der Waals surface area contributed by atoms with Crippen LogP contribution in [0.15, 0.2) is 48.5 Å². The van der Waals surface area contributed by atoms with E-state index in [0.717, 1.165) is 0 Å².